The van der Waals surface area contributed by atoms with Gasteiger partial charge in [-0.2, -0.15) is 0 Å². The lowest BCUT2D eigenvalue weighted by atomic mass is 10.2. The van der Waals surface area contributed by atoms with E-state index >= 15 is 0 Å². The maximum absolute atomic E-state index is 8.62. The highest BCUT2D eigenvalue weighted by Gasteiger charge is 2.02. The molecule has 5 nitrogen and oxygen atoms in total. The molecule has 0 aliphatic heterocycles. The first-order valence-corrected chi connectivity index (χ1v) is 4.50. The van der Waals surface area contributed by atoms with Gasteiger partial charge >= 0.3 is 0 Å². The molecule has 0 unspecified atom stereocenters. The second-order valence-electron chi connectivity index (χ2n) is 2.97. The average molecular weight is 192 g/mol. The molecular formula is C9H12N4O. The zero-order valence-electron chi connectivity index (χ0n) is 7.70. The highest BCUT2D eigenvalue weighted by molar-refractivity contribution is 5.73. The number of fused-ring (bicyclic) bond motifs is 1. The maximum atomic E-state index is 8.62. The van der Waals surface area contributed by atoms with E-state index < -0.39 is 0 Å². The largest absolute Gasteiger partial charge is 0.395 e. The van der Waals surface area contributed by atoms with E-state index in [1.165, 1.54) is 0 Å². The zero-order valence-corrected chi connectivity index (χ0v) is 7.70. The molecule has 5 heteroatoms. The Balaban J connectivity index is 2.19. The summed E-state index contributed by atoms with van der Waals surface area (Å²) in [5.41, 5.74) is 2.80. The SMILES string of the molecule is OCCNCc1ccnc2nc[nH]c12. The Morgan fingerprint density at radius 2 is 2.36 bits per heavy atom. The van der Waals surface area contributed by atoms with Crippen LogP contribution in [0.5, 0.6) is 0 Å². The van der Waals surface area contributed by atoms with Gasteiger partial charge in [0.05, 0.1) is 18.5 Å². The number of hydrogen-bond acceptors (Lipinski definition) is 4. The maximum Gasteiger partial charge on any atom is 0.177 e. The van der Waals surface area contributed by atoms with Gasteiger partial charge in [-0.25, -0.2) is 9.97 Å². The third-order valence-corrected chi connectivity index (χ3v) is 2.02. The first kappa shape index (κ1) is 9.11. The van der Waals surface area contributed by atoms with Gasteiger partial charge in [-0.05, 0) is 11.6 Å². The van der Waals surface area contributed by atoms with Crippen LogP contribution in [-0.4, -0.2) is 33.2 Å². The van der Waals surface area contributed by atoms with Gasteiger partial charge in [0.25, 0.3) is 0 Å². The quantitative estimate of drug-likeness (QED) is 0.598. The van der Waals surface area contributed by atoms with Gasteiger partial charge < -0.3 is 15.4 Å². The summed E-state index contributed by atoms with van der Waals surface area (Å²) < 4.78 is 0. The van der Waals surface area contributed by atoms with Gasteiger partial charge in [0.15, 0.2) is 5.65 Å². The van der Waals surface area contributed by atoms with Crippen LogP contribution in [-0.2, 0) is 6.54 Å². The fourth-order valence-corrected chi connectivity index (χ4v) is 1.35. The van der Waals surface area contributed by atoms with Gasteiger partial charge in [0.1, 0.15) is 0 Å². The van der Waals surface area contributed by atoms with Crippen LogP contribution in [0.1, 0.15) is 5.56 Å². The van der Waals surface area contributed by atoms with E-state index in [9.17, 15) is 0 Å². The summed E-state index contributed by atoms with van der Waals surface area (Å²) in [6.07, 6.45) is 3.37. The van der Waals surface area contributed by atoms with Crippen molar-refractivity contribution in [2.75, 3.05) is 13.2 Å². The molecular weight excluding hydrogens is 180 g/mol. The van der Waals surface area contributed by atoms with Crippen LogP contribution in [0.15, 0.2) is 18.6 Å². The van der Waals surface area contributed by atoms with E-state index in [-0.39, 0.29) is 6.61 Å². The Morgan fingerprint density at radius 3 is 3.21 bits per heavy atom. The Bertz CT molecular complexity index is 412. The van der Waals surface area contributed by atoms with E-state index in [1.54, 1.807) is 12.5 Å². The number of H-pyrrole nitrogens is 1. The highest BCUT2D eigenvalue weighted by Crippen LogP contribution is 2.11. The molecule has 14 heavy (non-hydrogen) atoms. The van der Waals surface area contributed by atoms with Crippen LogP contribution in [0, 0.1) is 0 Å². The second-order valence-corrected chi connectivity index (χ2v) is 2.97. The van der Waals surface area contributed by atoms with Crippen molar-refractivity contribution in [3.05, 3.63) is 24.2 Å². The number of rotatable bonds is 4. The van der Waals surface area contributed by atoms with Crippen molar-refractivity contribution in [3.63, 3.8) is 0 Å². The van der Waals surface area contributed by atoms with E-state index in [4.69, 9.17) is 5.11 Å². The summed E-state index contributed by atoms with van der Waals surface area (Å²) in [6.45, 7) is 1.46. The van der Waals surface area contributed by atoms with Crippen molar-refractivity contribution in [2.24, 2.45) is 0 Å². The molecule has 74 valence electrons. The lowest BCUT2D eigenvalue weighted by Crippen LogP contribution is -2.17. The molecule has 0 aliphatic rings. The summed E-state index contributed by atoms with van der Waals surface area (Å²) in [5, 5.41) is 11.7. The Morgan fingerprint density at radius 1 is 1.43 bits per heavy atom. The van der Waals surface area contributed by atoms with Crippen LogP contribution in [0.2, 0.25) is 0 Å². The number of aliphatic hydroxyl groups excluding tert-OH is 1. The number of aromatic nitrogens is 3. The second kappa shape index (κ2) is 4.17. The molecule has 2 aromatic rings. The Kier molecular flexibility index (Phi) is 2.71. The number of aliphatic hydroxyl groups is 1. The summed E-state index contributed by atoms with van der Waals surface area (Å²) in [7, 11) is 0. The van der Waals surface area contributed by atoms with Gasteiger partial charge in [0, 0.05) is 19.3 Å². The number of nitrogens with one attached hydrogen (secondary N) is 2. The van der Waals surface area contributed by atoms with E-state index in [2.05, 4.69) is 20.3 Å². The van der Waals surface area contributed by atoms with Crippen LogP contribution in [0.3, 0.4) is 0 Å². The van der Waals surface area contributed by atoms with Gasteiger partial charge in [-0.15, -0.1) is 0 Å². The van der Waals surface area contributed by atoms with Crippen LogP contribution >= 0.6 is 0 Å². The van der Waals surface area contributed by atoms with E-state index in [0.29, 0.717) is 13.1 Å². The lowest BCUT2D eigenvalue weighted by Gasteiger charge is -2.03. The van der Waals surface area contributed by atoms with Crippen LogP contribution in [0.25, 0.3) is 11.2 Å². The summed E-state index contributed by atoms with van der Waals surface area (Å²) in [5.74, 6) is 0. The van der Waals surface area contributed by atoms with E-state index in [0.717, 1.165) is 16.7 Å². The highest BCUT2D eigenvalue weighted by atomic mass is 16.3. The number of aromatic amines is 1. The number of pyridine rings is 1. The molecule has 0 radical (unpaired) electrons. The summed E-state index contributed by atoms with van der Waals surface area (Å²) >= 11 is 0. The summed E-state index contributed by atoms with van der Waals surface area (Å²) in [4.78, 5) is 11.2. The van der Waals surface area contributed by atoms with Gasteiger partial charge in [-0.1, -0.05) is 0 Å². The Labute approximate surface area is 81.2 Å². The fraction of sp³-hybridized carbons (Fsp3) is 0.333. The summed E-state index contributed by atoms with van der Waals surface area (Å²) in [6, 6.07) is 1.94. The third-order valence-electron chi connectivity index (χ3n) is 2.02. The predicted molar refractivity (Wildman–Crippen MR) is 52.7 cm³/mol. The van der Waals surface area contributed by atoms with Crippen LogP contribution < -0.4 is 5.32 Å². The predicted octanol–water partition coefficient (Wildman–Crippen LogP) is 0.0398. The molecule has 2 heterocycles. The normalized spacial score (nSPS) is 10.9. The van der Waals surface area contributed by atoms with Crippen molar-refractivity contribution >= 4 is 11.2 Å². The molecule has 2 rings (SSSR count). The lowest BCUT2D eigenvalue weighted by molar-refractivity contribution is 0.292. The molecule has 0 spiro atoms. The minimum absolute atomic E-state index is 0.150. The molecule has 0 saturated carbocycles. The van der Waals surface area contributed by atoms with Crippen molar-refractivity contribution in [3.8, 4) is 0 Å². The number of imidazole rings is 1. The molecule has 0 aliphatic carbocycles. The molecule has 0 saturated heterocycles. The molecule has 2 aromatic heterocycles. The van der Waals surface area contributed by atoms with Crippen molar-refractivity contribution in [2.45, 2.75) is 6.54 Å². The molecule has 0 atom stereocenters. The van der Waals surface area contributed by atoms with Crippen molar-refractivity contribution < 1.29 is 5.11 Å². The molecule has 0 aromatic carbocycles. The third kappa shape index (κ3) is 1.73. The number of nitrogens with zero attached hydrogens (tertiary/aromatic N) is 2. The first-order valence-electron chi connectivity index (χ1n) is 4.50. The smallest absolute Gasteiger partial charge is 0.177 e. The molecule has 0 fully saturated rings. The van der Waals surface area contributed by atoms with Gasteiger partial charge in [0.2, 0.25) is 0 Å². The zero-order chi connectivity index (χ0) is 9.80. The van der Waals surface area contributed by atoms with Crippen LogP contribution in [0.4, 0.5) is 0 Å². The Hall–Kier alpha value is -1.46. The van der Waals surface area contributed by atoms with Crippen molar-refractivity contribution in [1.29, 1.82) is 0 Å². The van der Waals surface area contributed by atoms with Gasteiger partial charge in [-0.3, -0.25) is 0 Å². The standard InChI is InChI=1S/C9H12N4O/c14-4-3-10-5-7-1-2-11-9-8(7)12-6-13-9/h1-2,6,10,14H,3-5H2,(H,11,12,13). The topological polar surface area (TPSA) is 73.8 Å². The average Bonchev–Trinajstić information content (AvgIpc) is 2.67. The molecule has 0 bridgehead atoms. The molecule has 3 N–H and O–H groups in total. The first-order chi connectivity index (χ1) is 6.92. The minimum atomic E-state index is 0.150. The number of hydrogen-bond donors (Lipinski definition) is 3. The minimum Gasteiger partial charge on any atom is -0.395 e. The fourth-order valence-electron chi connectivity index (χ4n) is 1.35. The monoisotopic (exact) mass is 192 g/mol. The molecule has 0 amide bonds. The van der Waals surface area contributed by atoms with Crippen molar-refractivity contribution in [1.82, 2.24) is 20.3 Å². The van der Waals surface area contributed by atoms with E-state index in [1.807, 2.05) is 6.07 Å².